The minimum Gasteiger partial charge on any atom is -0.459 e. The third-order valence-corrected chi connectivity index (χ3v) is 15.0. The zero-order valence-electron chi connectivity index (χ0n) is 41.8. The van der Waals surface area contributed by atoms with Gasteiger partial charge in [-0.25, -0.2) is 0 Å². The molecule has 1 aromatic rings. The summed E-state index contributed by atoms with van der Waals surface area (Å²) in [7, 11) is 6.94. The molecule has 376 valence electrons. The highest BCUT2D eigenvalue weighted by molar-refractivity contribution is 5.94. The number of aryl methyl sites for hydroxylation is 1. The topological polar surface area (TPSA) is 222 Å². The molecular formula is C48H85N3O14. The van der Waals surface area contributed by atoms with Gasteiger partial charge in [-0.1, -0.05) is 20.8 Å². The summed E-state index contributed by atoms with van der Waals surface area (Å²) in [5.41, 5.74) is -4.05. The standard InChI is InChI=1S/C48H85N3O14/c1-16-37-48(11,59)41(55)30(6)50(13)24-26(2)22-46(9,58)43(28(4)40(29(5)44(57)63-37)64-38-23-47(10,60-15)42(56)32(8)62-38)65-45-39(54)35(20-27(3)61-45)51(14)25-33(31(7)52)21-36(53)34-18-17-19-49(34)12/h17-19,26-33,35,37-43,45,52,54-56,58-59H,16,20-25H2,1-15H3/t26-,27-,28+,29-,30-,31+,32+,33+,35+,37-,38+,39-,40+,41-,42+,43-,45+,46-,47-,48-/m1/s1. The maximum absolute atomic E-state index is 14.4. The van der Waals surface area contributed by atoms with E-state index in [0.29, 0.717) is 18.7 Å². The second-order valence-electron chi connectivity index (χ2n) is 20.8. The number of methoxy groups -OCH3 is 1. The summed E-state index contributed by atoms with van der Waals surface area (Å²) >= 11 is 0. The van der Waals surface area contributed by atoms with Crippen LogP contribution in [-0.2, 0) is 40.3 Å². The average Bonchev–Trinajstić information content (AvgIpc) is 3.67. The molecule has 0 amide bonds. The Morgan fingerprint density at radius 3 is 2.22 bits per heavy atom. The van der Waals surface area contributed by atoms with Crippen LogP contribution in [0.5, 0.6) is 0 Å². The Kier molecular flexibility index (Phi) is 19.3. The summed E-state index contributed by atoms with van der Waals surface area (Å²) in [6.07, 6.45) is -8.50. The molecule has 0 aliphatic carbocycles. The fourth-order valence-electron chi connectivity index (χ4n) is 10.6. The smallest absolute Gasteiger partial charge is 0.311 e. The molecule has 0 aromatic carbocycles. The van der Waals surface area contributed by atoms with Crippen LogP contribution in [0.4, 0.5) is 0 Å². The molecule has 65 heavy (non-hydrogen) atoms. The fraction of sp³-hybridized carbons (Fsp3) is 0.875. The van der Waals surface area contributed by atoms with Crippen molar-refractivity contribution in [1.82, 2.24) is 14.4 Å². The summed E-state index contributed by atoms with van der Waals surface area (Å²) in [6, 6.07) is 2.41. The highest BCUT2D eigenvalue weighted by Gasteiger charge is 2.53. The number of hydrogen-bond acceptors (Lipinski definition) is 16. The molecule has 4 rings (SSSR count). The average molecular weight is 928 g/mol. The molecule has 0 spiro atoms. The number of ketones is 1. The molecule has 3 fully saturated rings. The second-order valence-corrected chi connectivity index (χ2v) is 20.8. The van der Waals surface area contributed by atoms with Crippen LogP contribution in [0, 0.1) is 23.7 Å². The molecule has 0 radical (unpaired) electrons. The predicted octanol–water partition coefficient (Wildman–Crippen LogP) is 2.88. The van der Waals surface area contributed by atoms with Crippen LogP contribution in [0.1, 0.15) is 119 Å². The largest absolute Gasteiger partial charge is 0.459 e. The van der Waals surface area contributed by atoms with Gasteiger partial charge in [0.1, 0.15) is 30.0 Å². The summed E-state index contributed by atoms with van der Waals surface area (Å²) in [6.45, 7) is 19.7. The Morgan fingerprint density at radius 1 is 1.00 bits per heavy atom. The van der Waals surface area contributed by atoms with E-state index in [1.54, 1.807) is 85.3 Å². The minimum absolute atomic E-state index is 0.0852. The van der Waals surface area contributed by atoms with Gasteiger partial charge in [-0.05, 0) is 107 Å². The van der Waals surface area contributed by atoms with Crippen LogP contribution >= 0.6 is 0 Å². The molecule has 20 atom stereocenters. The molecule has 4 heterocycles. The van der Waals surface area contributed by atoms with Crippen molar-refractivity contribution < 1.29 is 68.6 Å². The van der Waals surface area contributed by atoms with E-state index in [2.05, 4.69) is 0 Å². The van der Waals surface area contributed by atoms with E-state index in [1.807, 2.05) is 37.7 Å². The number of aromatic nitrogens is 1. The first-order valence-electron chi connectivity index (χ1n) is 23.7. The zero-order valence-corrected chi connectivity index (χ0v) is 41.8. The molecule has 0 saturated carbocycles. The second kappa shape index (κ2) is 22.5. The van der Waals surface area contributed by atoms with Crippen molar-refractivity contribution in [3.63, 3.8) is 0 Å². The van der Waals surface area contributed by atoms with E-state index in [-0.39, 0.29) is 43.9 Å². The fourth-order valence-corrected chi connectivity index (χ4v) is 10.6. The van der Waals surface area contributed by atoms with E-state index in [0.717, 1.165) is 0 Å². The Labute approximate surface area is 387 Å². The van der Waals surface area contributed by atoms with Gasteiger partial charge in [-0.2, -0.15) is 0 Å². The van der Waals surface area contributed by atoms with Crippen molar-refractivity contribution in [2.45, 2.75) is 205 Å². The number of carbonyl (C=O) groups is 2. The number of nitrogens with zero attached hydrogens (tertiary/aromatic N) is 3. The van der Waals surface area contributed by atoms with Crippen LogP contribution in [0.15, 0.2) is 18.3 Å². The molecule has 17 heteroatoms. The van der Waals surface area contributed by atoms with Gasteiger partial charge in [0.25, 0.3) is 0 Å². The SMILES string of the molecule is CC[C@H]1OC(=O)[C@H](C)[C@@H](O[C@H]2C[C@@](C)(OC)[C@@H](O)[C@H](C)O2)[C@H](C)[C@@H](O[C@@H]2O[C@H](C)C[C@H](N(C)C[C@H](CC(=O)c3cccn3C)[C@H](C)O)[C@H]2O)[C@](C)(O)C[C@@H](C)CN(C)[C@H](C)[C@@H](O)[C@]1(C)O. The number of carbonyl (C=O) groups excluding carboxylic acids is 2. The number of esters is 1. The van der Waals surface area contributed by atoms with Crippen molar-refractivity contribution in [3.05, 3.63) is 24.0 Å². The third-order valence-electron chi connectivity index (χ3n) is 15.0. The summed E-state index contributed by atoms with van der Waals surface area (Å²) in [5, 5.41) is 70.4. The quantitative estimate of drug-likeness (QED) is 0.124. The van der Waals surface area contributed by atoms with Gasteiger partial charge in [0.15, 0.2) is 18.4 Å². The molecule has 3 aliphatic rings. The summed E-state index contributed by atoms with van der Waals surface area (Å²) in [4.78, 5) is 31.6. The van der Waals surface area contributed by atoms with Gasteiger partial charge in [0.05, 0.1) is 53.3 Å². The molecule has 17 nitrogen and oxygen atoms in total. The van der Waals surface area contributed by atoms with Gasteiger partial charge >= 0.3 is 5.97 Å². The number of rotatable bonds is 13. The van der Waals surface area contributed by atoms with Gasteiger partial charge in [0.2, 0.25) is 0 Å². The maximum atomic E-state index is 14.4. The molecule has 1 aromatic heterocycles. The molecule has 6 N–H and O–H groups in total. The minimum atomic E-state index is -1.85. The number of ether oxygens (including phenoxy) is 6. The Balaban J connectivity index is 1.76. The molecule has 3 aliphatic heterocycles. The lowest BCUT2D eigenvalue weighted by atomic mass is 9.77. The first kappa shape index (κ1) is 55.5. The number of cyclic esters (lactones) is 1. The van der Waals surface area contributed by atoms with Gasteiger partial charge in [-0.3, -0.25) is 9.59 Å². The van der Waals surface area contributed by atoms with Crippen molar-refractivity contribution >= 4 is 11.8 Å². The molecule has 3 saturated heterocycles. The summed E-state index contributed by atoms with van der Waals surface area (Å²) in [5.74, 6) is -3.44. The normalized spacial score (nSPS) is 43.0. The van der Waals surface area contributed by atoms with E-state index in [1.165, 1.54) is 14.0 Å². The van der Waals surface area contributed by atoms with Crippen LogP contribution in [0.25, 0.3) is 0 Å². The molecular weight excluding hydrogens is 843 g/mol. The lowest BCUT2D eigenvalue weighted by molar-refractivity contribution is -0.318. The Bertz CT molecular complexity index is 1680. The van der Waals surface area contributed by atoms with E-state index in [4.69, 9.17) is 28.4 Å². The van der Waals surface area contributed by atoms with Crippen molar-refractivity contribution in [2.75, 3.05) is 34.3 Å². The Morgan fingerprint density at radius 2 is 1.65 bits per heavy atom. The first-order chi connectivity index (χ1) is 30.1. The van der Waals surface area contributed by atoms with E-state index >= 15 is 0 Å². The number of Topliss-reactive ketones (excluding diaryl/α,β-unsaturated/α-hetero) is 1. The van der Waals surface area contributed by atoms with Crippen LogP contribution in [0.3, 0.4) is 0 Å². The number of aliphatic hydroxyl groups is 6. The van der Waals surface area contributed by atoms with Crippen LogP contribution in [0.2, 0.25) is 0 Å². The lowest BCUT2D eigenvalue weighted by Gasteiger charge is -2.49. The van der Waals surface area contributed by atoms with Gasteiger partial charge in [-0.15, -0.1) is 0 Å². The number of likely N-dealkylation sites (N-methyl/N-ethyl adjacent to an activating group) is 2. The molecule has 0 bridgehead atoms. The van der Waals surface area contributed by atoms with Gasteiger partial charge in [0, 0.05) is 70.2 Å². The van der Waals surface area contributed by atoms with Crippen molar-refractivity contribution in [1.29, 1.82) is 0 Å². The van der Waals surface area contributed by atoms with Crippen LogP contribution in [-0.4, -0.2) is 187 Å². The summed E-state index contributed by atoms with van der Waals surface area (Å²) < 4.78 is 39.9. The zero-order chi connectivity index (χ0) is 49.1. The van der Waals surface area contributed by atoms with Crippen molar-refractivity contribution in [2.24, 2.45) is 30.7 Å². The third kappa shape index (κ3) is 13.0. The first-order valence-corrected chi connectivity index (χ1v) is 23.7. The van der Waals surface area contributed by atoms with Gasteiger partial charge < -0.3 is 73.4 Å². The number of hydrogen-bond donors (Lipinski definition) is 6. The van der Waals surface area contributed by atoms with Crippen molar-refractivity contribution in [3.8, 4) is 0 Å². The Hall–Kier alpha value is -2.10. The highest BCUT2D eigenvalue weighted by Crippen LogP contribution is 2.40. The molecule has 0 unspecified atom stereocenters. The lowest BCUT2D eigenvalue weighted by Crippen LogP contribution is -2.61. The van der Waals surface area contributed by atoms with Crippen LogP contribution < -0.4 is 0 Å². The monoisotopic (exact) mass is 928 g/mol. The predicted molar refractivity (Wildman–Crippen MR) is 243 cm³/mol. The maximum Gasteiger partial charge on any atom is 0.311 e. The number of aliphatic hydroxyl groups excluding tert-OH is 4. The highest BCUT2D eigenvalue weighted by atomic mass is 16.7. The van der Waals surface area contributed by atoms with E-state index < -0.39 is 120 Å². The van der Waals surface area contributed by atoms with E-state index in [9.17, 15) is 40.2 Å².